The van der Waals surface area contributed by atoms with Gasteiger partial charge < -0.3 is 4.42 Å². The molecule has 12 heavy (non-hydrogen) atoms. The van der Waals surface area contributed by atoms with Gasteiger partial charge in [0.05, 0.1) is 0 Å². The maximum Gasteiger partial charge on any atom is 0.231 e. The fourth-order valence-corrected chi connectivity index (χ4v) is 1.28. The summed E-state index contributed by atoms with van der Waals surface area (Å²) in [6, 6.07) is 0. The van der Waals surface area contributed by atoms with Gasteiger partial charge in [0.2, 0.25) is 11.8 Å². The monoisotopic (exact) mass is 190 g/mol. The van der Waals surface area contributed by atoms with Gasteiger partial charge in [-0.2, -0.15) is 0 Å². The number of rotatable bonds is 3. The summed E-state index contributed by atoms with van der Waals surface area (Å²) in [4.78, 5) is 0. The van der Waals surface area contributed by atoms with E-state index in [1.54, 1.807) is 0 Å². The molecule has 0 fully saturated rings. The summed E-state index contributed by atoms with van der Waals surface area (Å²) in [5, 5.41) is 7.21. The Labute approximate surface area is 70.7 Å². The van der Waals surface area contributed by atoms with Crippen molar-refractivity contribution in [3.8, 4) is 0 Å². The van der Waals surface area contributed by atoms with E-state index in [4.69, 9.17) is 4.42 Å². The van der Waals surface area contributed by atoms with Gasteiger partial charge in [0.1, 0.15) is 5.75 Å². The van der Waals surface area contributed by atoms with Crippen LogP contribution in [0.2, 0.25) is 0 Å². The van der Waals surface area contributed by atoms with Gasteiger partial charge in [-0.05, 0) is 0 Å². The Hall–Kier alpha value is -0.910. The van der Waals surface area contributed by atoms with Crippen molar-refractivity contribution < 1.29 is 12.8 Å². The van der Waals surface area contributed by atoms with Crippen molar-refractivity contribution in [2.45, 2.75) is 19.1 Å². The van der Waals surface area contributed by atoms with Crippen molar-refractivity contribution in [2.75, 3.05) is 6.26 Å². The maximum absolute atomic E-state index is 10.8. The smallest absolute Gasteiger partial charge is 0.231 e. The molecule has 0 N–H and O–H groups in total. The molecule has 5 nitrogen and oxygen atoms in total. The molecule has 0 bridgehead atoms. The van der Waals surface area contributed by atoms with Crippen LogP contribution in [0, 0.1) is 0 Å². The zero-order chi connectivity index (χ0) is 9.19. The zero-order valence-corrected chi connectivity index (χ0v) is 7.76. The first-order chi connectivity index (χ1) is 5.51. The lowest BCUT2D eigenvalue weighted by Gasteiger charge is -1.89. The van der Waals surface area contributed by atoms with Gasteiger partial charge in [0, 0.05) is 12.7 Å². The third kappa shape index (κ3) is 2.61. The second-order valence-electron chi connectivity index (χ2n) is 2.51. The lowest BCUT2D eigenvalue weighted by Crippen LogP contribution is -2.00. The zero-order valence-electron chi connectivity index (χ0n) is 6.94. The molecule has 6 heteroatoms. The predicted octanol–water partition coefficient (Wildman–Crippen LogP) is 0.177. The predicted molar refractivity (Wildman–Crippen MR) is 42.2 cm³/mol. The molecule has 1 rings (SSSR count). The van der Waals surface area contributed by atoms with Gasteiger partial charge in [0.15, 0.2) is 9.84 Å². The fourth-order valence-electron chi connectivity index (χ4n) is 0.714. The molecule has 0 spiro atoms. The molecule has 1 aromatic rings. The minimum atomic E-state index is -3.07. The van der Waals surface area contributed by atoms with Crippen LogP contribution in [0.4, 0.5) is 0 Å². The van der Waals surface area contributed by atoms with Gasteiger partial charge in [0.25, 0.3) is 0 Å². The number of aryl methyl sites for hydroxylation is 1. The lowest BCUT2D eigenvalue weighted by atomic mass is 10.5. The van der Waals surface area contributed by atoms with Crippen LogP contribution in [0.15, 0.2) is 4.42 Å². The van der Waals surface area contributed by atoms with Crippen molar-refractivity contribution >= 4 is 9.84 Å². The van der Waals surface area contributed by atoms with Crippen LogP contribution in [0.25, 0.3) is 0 Å². The molecular formula is C6H10N2O3S. The van der Waals surface area contributed by atoms with E-state index < -0.39 is 9.84 Å². The molecule has 0 atom stereocenters. The minimum absolute atomic E-state index is 0.161. The molecule has 1 heterocycles. The summed E-state index contributed by atoms with van der Waals surface area (Å²) in [5.41, 5.74) is 0. The quantitative estimate of drug-likeness (QED) is 0.679. The molecule has 0 saturated carbocycles. The summed E-state index contributed by atoms with van der Waals surface area (Å²) in [5.74, 6) is 0.447. The van der Waals surface area contributed by atoms with Crippen LogP contribution in [-0.2, 0) is 22.0 Å². The number of aromatic nitrogens is 2. The molecule has 0 amide bonds. The Morgan fingerprint density at radius 2 is 1.92 bits per heavy atom. The Morgan fingerprint density at radius 1 is 1.33 bits per heavy atom. The van der Waals surface area contributed by atoms with E-state index >= 15 is 0 Å². The molecule has 0 aliphatic rings. The van der Waals surface area contributed by atoms with E-state index in [-0.39, 0.29) is 11.6 Å². The second-order valence-corrected chi connectivity index (χ2v) is 4.65. The SMILES string of the molecule is CCc1nnc(CS(C)(=O)=O)o1. The molecular weight excluding hydrogens is 180 g/mol. The first-order valence-electron chi connectivity index (χ1n) is 3.50. The van der Waals surface area contributed by atoms with E-state index in [1.165, 1.54) is 0 Å². The number of sulfone groups is 1. The summed E-state index contributed by atoms with van der Waals surface area (Å²) in [6.07, 6.45) is 1.75. The summed E-state index contributed by atoms with van der Waals surface area (Å²) < 4.78 is 26.5. The van der Waals surface area contributed by atoms with Crippen LogP contribution in [0.1, 0.15) is 18.7 Å². The lowest BCUT2D eigenvalue weighted by molar-refractivity contribution is 0.466. The Bertz CT molecular complexity index is 355. The molecule has 1 aromatic heterocycles. The molecule has 0 aliphatic carbocycles. The highest BCUT2D eigenvalue weighted by Crippen LogP contribution is 2.03. The molecule has 0 radical (unpaired) electrons. The number of hydrogen-bond donors (Lipinski definition) is 0. The normalized spacial score (nSPS) is 11.8. The largest absolute Gasteiger partial charge is 0.424 e. The average Bonchev–Trinajstić information content (AvgIpc) is 2.32. The van der Waals surface area contributed by atoms with Crippen molar-refractivity contribution in [3.63, 3.8) is 0 Å². The Balaban J connectivity index is 2.78. The van der Waals surface area contributed by atoms with Gasteiger partial charge in [-0.3, -0.25) is 0 Å². The highest BCUT2D eigenvalue weighted by Gasteiger charge is 2.10. The van der Waals surface area contributed by atoms with Gasteiger partial charge in [-0.1, -0.05) is 6.92 Å². The van der Waals surface area contributed by atoms with Crippen LogP contribution in [0.3, 0.4) is 0 Å². The standard InChI is InChI=1S/C6H10N2O3S/c1-3-5-7-8-6(11-5)4-12(2,9)10/h3-4H2,1-2H3. The van der Waals surface area contributed by atoms with Crippen LogP contribution >= 0.6 is 0 Å². The van der Waals surface area contributed by atoms with E-state index in [2.05, 4.69) is 10.2 Å². The molecule has 0 unspecified atom stereocenters. The van der Waals surface area contributed by atoms with E-state index in [0.29, 0.717) is 12.3 Å². The molecule has 68 valence electrons. The average molecular weight is 190 g/mol. The van der Waals surface area contributed by atoms with Crippen molar-refractivity contribution in [1.82, 2.24) is 10.2 Å². The van der Waals surface area contributed by atoms with Crippen LogP contribution < -0.4 is 0 Å². The van der Waals surface area contributed by atoms with Crippen LogP contribution in [0.5, 0.6) is 0 Å². The summed E-state index contributed by atoms with van der Waals surface area (Å²) in [6.45, 7) is 1.86. The highest BCUT2D eigenvalue weighted by molar-refractivity contribution is 7.89. The number of hydrogen-bond acceptors (Lipinski definition) is 5. The maximum atomic E-state index is 10.8. The van der Waals surface area contributed by atoms with E-state index in [1.807, 2.05) is 6.92 Å². The van der Waals surface area contributed by atoms with Crippen molar-refractivity contribution in [2.24, 2.45) is 0 Å². The van der Waals surface area contributed by atoms with E-state index in [9.17, 15) is 8.42 Å². The fraction of sp³-hybridized carbons (Fsp3) is 0.667. The number of nitrogens with zero attached hydrogens (tertiary/aromatic N) is 2. The summed E-state index contributed by atoms with van der Waals surface area (Å²) in [7, 11) is -3.07. The third-order valence-electron chi connectivity index (χ3n) is 1.20. The first kappa shape index (κ1) is 9.18. The van der Waals surface area contributed by atoms with Gasteiger partial charge >= 0.3 is 0 Å². The highest BCUT2D eigenvalue weighted by atomic mass is 32.2. The Kier molecular flexibility index (Phi) is 2.46. The first-order valence-corrected chi connectivity index (χ1v) is 5.56. The molecule has 0 saturated heterocycles. The second kappa shape index (κ2) is 3.22. The topological polar surface area (TPSA) is 73.1 Å². The van der Waals surface area contributed by atoms with Gasteiger partial charge in [-0.15, -0.1) is 10.2 Å². The van der Waals surface area contributed by atoms with Crippen molar-refractivity contribution in [3.05, 3.63) is 11.8 Å². The third-order valence-corrected chi connectivity index (χ3v) is 1.97. The summed E-state index contributed by atoms with van der Waals surface area (Å²) >= 11 is 0. The minimum Gasteiger partial charge on any atom is -0.424 e. The molecule has 0 aliphatic heterocycles. The molecule has 0 aromatic carbocycles. The van der Waals surface area contributed by atoms with Gasteiger partial charge in [-0.25, -0.2) is 8.42 Å². The van der Waals surface area contributed by atoms with Crippen molar-refractivity contribution in [1.29, 1.82) is 0 Å². The van der Waals surface area contributed by atoms with E-state index in [0.717, 1.165) is 6.26 Å². The Morgan fingerprint density at radius 3 is 2.33 bits per heavy atom. The van der Waals surface area contributed by atoms with Crippen LogP contribution in [-0.4, -0.2) is 24.9 Å².